The third-order valence-corrected chi connectivity index (χ3v) is 1.43. The summed E-state index contributed by atoms with van der Waals surface area (Å²) in [5.41, 5.74) is 5.05. The molecule has 0 aliphatic carbocycles. The normalized spacial score (nSPS) is 13.1. The summed E-state index contributed by atoms with van der Waals surface area (Å²) in [6.07, 6.45) is -0.361. The maximum Gasteiger partial charge on any atom is 0.336 e. The monoisotopic (exact) mass is 175 g/mol. The van der Waals surface area contributed by atoms with Crippen LogP contribution in [-0.2, 0) is 9.53 Å². The van der Waals surface area contributed by atoms with Gasteiger partial charge in [0.15, 0.2) is 6.10 Å². The number of aliphatic hydroxyl groups is 1. The summed E-state index contributed by atoms with van der Waals surface area (Å²) >= 11 is 0. The van der Waals surface area contributed by atoms with Gasteiger partial charge in [-0.05, 0) is 12.3 Å². The number of rotatable bonds is 5. The zero-order chi connectivity index (χ0) is 9.56. The van der Waals surface area contributed by atoms with Gasteiger partial charge in [-0.1, -0.05) is 13.8 Å². The van der Waals surface area contributed by atoms with Gasteiger partial charge in [-0.25, -0.2) is 4.79 Å². The minimum atomic E-state index is -1.17. The molecule has 0 amide bonds. The van der Waals surface area contributed by atoms with Gasteiger partial charge >= 0.3 is 5.97 Å². The summed E-state index contributed by atoms with van der Waals surface area (Å²) in [5.74, 6) is -0.133. The fourth-order valence-corrected chi connectivity index (χ4v) is 0.588. The van der Waals surface area contributed by atoms with Crippen LogP contribution in [0, 0.1) is 5.92 Å². The second kappa shape index (κ2) is 5.97. The van der Waals surface area contributed by atoms with E-state index in [1.807, 2.05) is 13.8 Å². The molecule has 0 bridgehead atoms. The minimum Gasteiger partial charge on any atom is -0.464 e. The van der Waals surface area contributed by atoms with Gasteiger partial charge in [-0.3, -0.25) is 0 Å². The van der Waals surface area contributed by atoms with Gasteiger partial charge in [0, 0.05) is 6.54 Å². The molecule has 0 aliphatic heterocycles. The van der Waals surface area contributed by atoms with Crippen LogP contribution in [0.5, 0.6) is 0 Å². The topological polar surface area (TPSA) is 72.5 Å². The summed E-state index contributed by atoms with van der Waals surface area (Å²) in [7, 11) is 0. The van der Waals surface area contributed by atoms with E-state index in [2.05, 4.69) is 0 Å². The molecule has 0 rings (SSSR count). The molecule has 0 saturated carbocycles. The average Bonchev–Trinajstić information content (AvgIpc) is 2.02. The van der Waals surface area contributed by atoms with E-state index in [0.29, 0.717) is 12.5 Å². The van der Waals surface area contributed by atoms with Crippen LogP contribution < -0.4 is 5.73 Å². The van der Waals surface area contributed by atoms with Crippen LogP contribution in [0.15, 0.2) is 0 Å². The molecule has 0 aromatic heterocycles. The largest absolute Gasteiger partial charge is 0.464 e. The number of esters is 1. The van der Waals surface area contributed by atoms with E-state index in [1.165, 1.54) is 0 Å². The first-order chi connectivity index (χ1) is 5.57. The van der Waals surface area contributed by atoms with Crippen LogP contribution in [-0.4, -0.2) is 30.3 Å². The van der Waals surface area contributed by atoms with Gasteiger partial charge in [0.2, 0.25) is 0 Å². The second-order valence-corrected chi connectivity index (χ2v) is 3.10. The maximum atomic E-state index is 10.8. The van der Waals surface area contributed by atoms with Crippen molar-refractivity contribution in [3.8, 4) is 0 Å². The maximum absolute atomic E-state index is 10.8. The van der Waals surface area contributed by atoms with Crippen LogP contribution in [0.25, 0.3) is 0 Å². The predicted molar refractivity (Wildman–Crippen MR) is 45.5 cm³/mol. The van der Waals surface area contributed by atoms with Gasteiger partial charge in [0.1, 0.15) is 0 Å². The van der Waals surface area contributed by atoms with E-state index in [9.17, 15) is 4.79 Å². The number of carbonyl (C=O) groups is 1. The molecule has 0 aliphatic rings. The molecular weight excluding hydrogens is 158 g/mol. The van der Waals surface area contributed by atoms with Crippen molar-refractivity contribution in [3.05, 3.63) is 0 Å². The fourth-order valence-electron chi connectivity index (χ4n) is 0.588. The molecule has 0 aromatic carbocycles. The zero-order valence-corrected chi connectivity index (χ0v) is 7.62. The molecule has 0 heterocycles. The minimum absolute atomic E-state index is 0.0828. The lowest BCUT2D eigenvalue weighted by atomic mass is 10.1. The number of ether oxygens (including phenoxy) is 1. The van der Waals surface area contributed by atoms with E-state index in [1.54, 1.807) is 0 Å². The number of hydrogen-bond acceptors (Lipinski definition) is 4. The Balaban J connectivity index is 3.44. The molecule has 4 nitrogen and oxygen atoms in total. The van der Waals surface area contributed by atoms with Crippen molar-refractivity contribution in [1.29, 1.82) is 0 Å². The number of carbonyl (C=O) groups excluding carboxylic acids is 1. The summed E-state index contributed by atoms with van der Waals surface area (Å²) in [4.78, 5) is 10.8. The first kappa shape index (κ1) is 11.4. The van der Waals surface area contributed by atoms with Crippen LogP contribution in [0.2, 0.25) is 0 Å². The molecule has 1 unspecified atom stereocenters. The van der Waals surface area contributed by atoms with E-state index in [4.69, 9.17) is 15.6 Å². The third-order valence-electron chi connectivity index (χ3n) is 1.43. The molecule has 3 N–H and O–H groups in total. The van der Waals surface area contributed by atoms with Crippen molar-refractivity contribution >= 4 is 5.97 Å². The van der Waals surface area contributed by atoms with Gasteiger partial charge < -0.3 is 15.6 Å². The first-order valence-electron chi connectivity index (χ1n) is 4.12. The van der Waals surface area contributed by atoms with Crippen molar-refractivity contribution in [2.45, 2.75) is 26.4 Å². The molecule has 4 heteroatoms. The number of hydrogen-bond donors (Lipinski definition) is 2. The summed E-state index contributed by atoms with van der Waals surface area (Å²) in [6, 6.07) is 0. The highest BCUT2D eigenvalue weighted by Crippen LogP contribution is 1.99. The van der Waals surface area contributed by atoms with Crippen LogP contribution in [0.3, 0.4) is 0 Å². The van der Waals surface area contributed by atoms with Gasteiger partial charge in [0.05, 0.1) is 6.61 Å². The summed E-state index contributed by atoms with van der Waals surface area (Å²) < 4.78 is 4.74. The Hall–Kier alpha value is -0.610. The molecule has 72 valence electrons. The highest BCUT2D eigenvalue weighted by atomic mass is 16.5. The van der Waals surface area contributed by atoms with Gasteiger partial charge in [-0.2, -0.15) is 0 Å². The summed E-state index contributed by atoms with van der Waals surface area (Å²) in [6.45, 7) is 4.34. The smallest absolute Gasteiger partial charge is 0.336 e. The first-order valence-corrected chi connectivity index (χ1v) is 4.12. The van der Waals surface area contributed by atoms with Crippen LogP contribution >= 0.6 is 0 Å². The van der Waals surface area contributed by atoms with Crippen LogP contribution in [0.1, 0.15) is 20.3 Å². The Morgan fingerprint density at radius 2 is 2.17 bits per heavy atom. The molecule has 0 spiro atoms. The lowest BCUT2D eigenvalue weighted by Crippen LogP contribution is -2.31. The van der Waals surface area contributed by atoms with Crippen molar-refractivity contribution in [3.63, 3.8) is 0 Å². The Morgan fingerprint density at radius 3 is 2.58 bits per heavy atom. The molecule has 1 atom stereocenters. The SMILES string of the molecule is CC(C)CCOC(=O)C(O)CN. The highest BCUT2D eigenvalue weighted by Gasteiger charge is 2.13. The molecule has 0 aromatic rings. The number of aliphatic hydroxyl groups excluding tert-OH is 1. The Bertz CT molecular complexity index is 136. The highest BCUT2D eigenvalue weighted by molar-refractivity contribution is 5.74. The lowest BCUT2D eigenvalue weighted by molar-refractivity contribution is -0.153. The van der Waals surface area contributed by atoms with Crippen molar-refractivity contribution in [1.82, 2.24) is 0 Å². The Labute approximate surface area is 72.7 Å². The fraction of sp³-hybridized carbons (Fsp3) is 0.875. The molecule has 0 saturated heterocycles. The third kappa shape index (κ3) is 5.09. The quantitative estimate of drug-likeness (QED) is 0.572. The molecule has 12 heavy (non-hydrogen) atoms. The van der Waals surface area contributed by atoms with E-state index >= 15 is 0 Å². The lowest BCUT2D eigenvalue weighted by Gasteiger charge is -2.09. The van der Waals surface area contributed by atoms with E-state index < -0.39 is 12.1 Å². The van der Waals surface area contributed by atoms with E-state index in [-0.39, 0.29) is 6.54 Å². The molecule has 0 radical (unpaired) electrons. The van der Waals surface area contributed by atoms with Gasteiger partial charge in [0.25, 0.3) is 0 Å². The second-order valence-electron chi connectivity index (χ2n) is 3.10. The van der Waals surface area contributed by atoms with E-state index in [0.717, 1.165) is 6.42 Å². The predicted octanol–water partition coefficient (Wildman–Crippen LogP) is -0.105. The Morgan fingerprint density at radius 1 is 1.58 bits per heavy atom. The average molecular weight is 175 g/mol. The Kier molecular flexibility index (Phi) is 5.66. The van der Waals surface area contributed by atoms with Crippen molar-refractivity contribution in [2.24, 2.45) is 11.7 Å². The number of nitrogens with two attached hydrogens (primary N) is 1. The molecular formula is C8H17NO3. The van der Waals surface area contributed by atoms with Gasteiger partial charge in [-0.15, -0.1) is 0 Å². The van der Waals surface area contributed by atoms with Crippen molar-refractivity contribution < 1.29 is 14.6 Å². The van der Waals surface area contributed by atoms with Crippen molar-refractivity contribution in [2.75, 3.05) is 13.2 Å². The van der Waals surface area contributed by atoms with Crippen LogP contribution in [0.4, 0.5) is 0 Å². The standard InChI is InChI=1S/C8H17NO3/c1-6(2)3-4-12-8(11)7(10)5-9/h6-7,10H,3-5,9H2,1-2H3. The molecule has 0 fully saturated rings. The summed E-state index contributed by atoms with van der Waals surface area (Å²) in [5, 5.41) is 8.89. The zero-order valence-electron chi connectivity index (χ0n) is 7.62.